The number of halogens is 2. The summed E-state index contributed by atoms with van der Waals surface area (Å²) < 4.78 is 30.0. The topological polar surface area (TPSA) is 29.5 Å². The molecule has 13 heavy (non-hydrogen) atoms. The fourth-order valence-electron chi connectivity index (χ4n) is 0.783. The molecule has 2 nitrogen and oxygen atoms in total. The van der Waals surface area contributed by atoms with E-state index in [1.807, 2.05) is 0 Å². The zero-order valence-corrected chi connectivity index (χ0v) is 7.13. The van der Waals surface area contributed by atoms with Crippen LogP contribution < -0.4 is 4.74 Å². The van der Waals surface area contributed by atoms with Gasteiger partial charge in [-0.1, -0.05) is 0 Å². The maximum Gasteiger partial charge on any atom is 0.162 e. The van der Waals surface area contributed by atoms with Crippen LogP contribution in [0.2, 0.25) is 0 Å². The Morgan fingerprint density at radius 2 is 2.08 bits per heavy atom. The van der Waals surface area contributed by atoms with Crippen LogP contribution in [0.25, 0.3) is 0 Å². The Balaban J connectivity index is 2.63. The Labute approximate surface area is 74.8 Å². The van der Waals surface area contributed by atoms with Gasteiger partial charge in [0.15, 0.2) is 11.6 Å². The number of aliphatic hydroxyl groups is 1. The minimum atomic E-state index is -0.955. The summed E-state index contributed by atoms with van der Waals surface area (Å²) in [4.78, 5) is 0. The van der Waals surface area contributed by atoms with Gasteiger partial charge in [0.05, 0.1) is 6.10 Å². The Morgan fingerprint density at radius 3 is 2.62 bits per heavy atom. The fraction of sp³-hybridized carbons (Fsp3) is 0.333. The number of aliphatic hydroxyl groups excluding tert-OH is 1. The van der Waals surface area contributed by atoms with Crippen LogP contribution in [0, 0.1) is 11.6 Å². The van der Waals surface area contributed by atoms with E-state index in [0.717, 1.165) is 12.1 Å². The molecule has 0 unspecified atom stereocenters. The van der Waals surface area contributed by atoms with Crippen LogP contribution in [-0.2, 0) is 0 Å². The third kappa shape index (κ3) is 2.99. The molecule has 72 valence electrons. The van der Waals surface area contributed by atoms with Crippen LogP contribution in [0.15, 0.2) is 18.2 Å². The second kappa shape index (κ2) is 4.18. The molecule has 0 spiro atoms. The molecule has 0 aliphatic carbocycles. The van der Waals surface area contributed by atoms with Crippen molar-refractivity contribution in [1.82, 2.24) is 0 Å². The van der Waals surface area contributed by atoms with E-state index in [1.54, 1.807) is 6.92 Å². The molecular weight excluding hydrogens is 178 g/mol. The second-order valence-corrected chi connectivity index (χ2v) is 2.74. The van der Waals surface area contributed by atoms with Crippen molar-refractivity contribution in [3.05, 3.63) is 29.8 Å². The Kier molecular flexibility index (Phi) is 3.19. The summed E-state index contributed by atoms with van der Waals surface area (Å²) in [6.45, 7) is 1.60. The van der Waals surface area contributed by atoms with Crippen LogP contribution in [0.1, 0.15) is 6.92 Å². The lowest BCUT2D eigenvalue weighted by Gasteiger charge is -2.07. The van der Waals surface area contributed by atoms with Crippen LogP contribution in [0.4, 0.5) is 8.78 Å². The standard InChI is InChI=1S/C9H10F2O2/c1-6(12)5-13-7-2-3-8(10)9(11)4-7/h2-4,6,12H,5H2,1H3/t6-/m1/s1. The van der Waals surface area contributed by atoms with Crippen LogP contribution in [0.3, 0.4) is 0 Å². The van der Waals surface area contributed by atoms with Crippen LogP contribution in [0.5, 0.6) is 5.75 Å². The molecule has 1 atom stereocenters. The van der Waals surface area contributed by atoms with E-state index in [4.69, 9.17) is 9.84 Å². The lowest BCUT2D eigenvalue weighted by molar-refractivity contribution is 0.122. The molecule has 0 saturated carbocycles. The van der Waals surface area contributed by atoms with Crippen molar-refractivity contribution in [2.75, 3.05) is 6.61 Å². The summed E-state index contributed by atoms with van der Waals surface area (Å²) in [6.07, 6.45) is -0.631. The Morgan fingerprint density at radius 1 is 1.38 bits per heavy atom. The van der Waals surface area contributed by atoms with Gasteiger partial charge >= 0.3 is 0 Å². The molecule has 0 bridgehead atoms. The number of hydrogen-bond donors (Lipinski definition) is 1. The van der Waals surface area contributed by atoms with Crippen molar-refractivity contribution >= 4 is 0 Å². The van der Waals surface area contributed by atoms with Crippen molar-refractivity contribution in [2.45, 2.75) is 13.0 Å². The number of rotatable bonds is 3. The van der Waals surface area contributed by atoms with Gasteiger partial charge in [-0.3, -0.25) is 0 Å². The highest BCUT2D eigenvalue weighted by Gasteiger charge is 2.03. The van der Waals surface area contributed by atoms with Gasteiger partial charge in [-0.2, -0.15) is 0 Å². The van der Waals surface area contributed by atoms with Gasteiger partial charge in [-0.25, -0.2) is 8.78 Å². The highest BCUT2D eigenvalue weighted by molar-refractivity contribution is 5.23. The van der Waals surface area contributed by atoms with E-state index in [0.29, 0.717) is 0 Å². The van der Waals surface area contributed by atoms with Gasteiger partial charge in [-0.15, -0.1) is 0 Å². The molecule has 0 aromatic heterocycles. The van der Waals surface area contributed by atoms with E-state index in [-0.39, 0.29) is 12.4 Å². The SMILES string of the molecule is C[C@@H](O)COc1ccc(F)c(F)c1. The average Bonchev–Trinajstić information content (AvgIpc) is 2.07. The molecule has 0 aliphatic rings. The van der Waals surface area contributed by atoms with E-state index in [9.17, 15) is 8.78 Å². The second-order valence-electron chi connectivity index (χ2n) is 2.74. The molecule has 0 fully saturated rings. The maximum atomic E-state index is 12.6. The van der Waals surface area contributed by atoms with E-state index in [2.05, 4.69) is 0 Å². The predicted octanol–water partition coefficient (Wildman–Crippen LogP) is 1.72. The molecule has 1 rings (SSSR count). The quantitative estimate of drug-likeness (QED) is 0.782. The lowest BCUT2D eigenvalue weighted by atomic mass is 10.3. The zero-order valence-electron chi connectivity index (χ0n) is 7.13. The van der Waals surface area contributed by atoms with Gasteiger partial charge in [-0.05, 0) is 19.1 Å². The van der Waals surface area contributed by atoms with Gasteiger partial charge in [0.1, 0.15) is 12.4 Å². The molecule has 0 radical (unpaired) electrons. The molecule has 4 heteroatoms. The van der Waals surface area contributed by atoms with Crippen molar-refractivity contribution in [1.29, 1.82) is 0 Å². The fourth-order valence-corrected chi connectivity index (χ4v) is 0.783. The number of benzene rings is 1. The molecule has 0 amide bonds. The smallest absolute Gasteiger partial charge is 0.162 e. The first kappa shape index (κ1) is 9.92. The van der Waals surface area contributed by atoms with Gasteiger partial charge in [0.2, 0.25) is 0 Å². The van der Waals surface area contributed by atoms with Gasteiger partial charge in [0, 0.05) is 6.07 Å². The average molecular weight is 188 g/mol. The summed E-state index contributed by atoms with van der Waals surface area (Å²) in [5, 5.41) is 8.84. The van der Waals surface area contributed by atoms with Crippen LogP contribution >= 0.6 is 0 Å². The van der Waals surface area contributed by atoms with Crippen molar-refractivity contribution in [3.8, 4) is 5.75 Å². The highest BCUT2D eigenvalue weighted by Crippen LogP contribution is 2.15. The maximum absolute atomic E-state index is 12.6. The molecule has 0 aliphatic heterocycles. The van der Waals surface area contributed by atoms with Crippen molar-refractivity contribution < 1.29 is 18.6 Å². The van der Waals surface area contributed by atoms with Gasteiger partial charge in [0.25, 0.3) is 0 Å². The number of ether oxygens (including phenoxy) is 1. The third-order valence-corrected chi connectivity index (χ3v) is 1.38. The largest absolute Gasteiger partial charge is 0.491 e. The first-order valence-corrected chi connectivity index (χ1v) is 3.85. The van der Waals surface area contributed by atoms with E-state index < -0.39 is 17.7 Å². The van der Waals surface area contributed by atoms with Crippen molar-refractivity contribution in [3.63, 3.8) is 0 Å². The molecule has 1 N–H and O–H groups in total. The van der Waals surface area contributed by atoms with E-state index in [1.165, 1.54) is 6.07 Å². The number of hydrogen-bond acceptors (Lipinski definition) is 2. The first-order valence-electron chi connectivity index (χ1n) is 3.85. The molecule has 1 aromatic carbocycles. The Bertz CT molecular complexity index is 287. The minimum Gasteiger partial charge on any atom is -0.491 e. The predicted molar refractivity (Wildman–Crippen MR) is 43.5 cm³/mol. The summed E-state index contributed by atoms with van der Waals surface area (Å²) in [7, 11) is 0. The summed E-state index contributed by atoms with van der Waals surface area (Å²) >= 11 is 0. The molecular formula is C9H10F2O2. The van der Waals surface area contributed by atoms with Gasteiger partial charge < -0.3 is 9.84 Å². The summed E-state index contributed by atoms with van der Waals surface area (Å²) in [5.41, 5.74) is 0. The third-order valence-electron chi connectivity index (χ3n) is 1.38. The normalized spacial score (nSPS) is 12.6. The van der Waals surface area contributed by atoms with E-state index >= 15 is 0 Å². The van der Waals surface area contributed by atoms with Crippen molar-refractivity contribution in [2.24, 2.45) is 0 Å². The van der Waals surface area contributed by atoms with Crippen LogP contribution in [-0.4, -0.2) is 17.8 Å². The zero-order chi connectivity index (χ0) is 9.84. The molecule has 0 heterocycles. The summed E-state index contributed by atoms with van der Waals surface area (Å²) in [5.74, 6) is -1.66. The molecule has 0 saturated heterocycles. The Hall–Kier alpha value is -1.16. The lowest BCUT2D eigenvalue weighted by Crippen LogP contribution is -2.12. The first-order chi connectivity index (χ1) is 6.09. The minimum absolute atomic E-state index is 0.0606. The monoisotopic (exact) mass is 188 g/mol. The molecule has 1 aromatic rings. The summed E-state index contributed by atoms with van der Waals surface area (Å²) in [6, 6.07) is 3.23. The highest BCUT2D eigenvalue weighted by atomic mass is 19.2.